The first-order chi connectivity index (χ1) is 7.09. The van der Waals surface area contributed by atoms with Gasteiger partial charge in [-0.1, -0.05) is 6.07 Å². The number of aromatic hydroxyl groups is 1. The molecule has 0 spiro atoms. The fourth-order valence-corrected chi connectivity index (χ4v) is 3.16. The highest BCUT2D eigenvalue weighted by molar-refractivity contribution is 14.1. The largest absolute Gasteiger partial charge is 0.506 e. The normalized spacial score (nSPS) is 14.7. The molecule has 82 valence electrons. The molecule has 2 rings (SSSR count). The van der Waals surface area contributed by atoms with Gasteiger partial charge >= 0.3 is 0 Å². The van der Waals surface area contributed by atoms with Crippen molar-refractivity contribution in [2.45, 2.75) is 25.8 Å². The summed E-state index contributed by atoms with van der Waals surface area (Å²) in [7, 11) is 4.05. The van der Waals surface area contributed by atoms with Gasteiger partial charge < -0.3 is 10.0 Å². The number of halogens is 1. The second-order valence-electron chi connectivity index (χ2n) is 4.43. The first kappa shape index (κ1) is 11.2. The highest BCUT2D eigenvalue weighted by atomic mass is 127. The molecular weight excluding hydrogens is 301 g/mol. The molecule has 0 atom stereocenters. The molecule has 0 radical (unpaired) electrons. The standard InChI is InChI=1S/C12H16INO/c1-14(2)7-9-6-8-4-3-5-10(8)11(13)12(9)15/h6,15H,3-5,7H2,1-2H3. The Morgan fingerprint density at radius 3 is 2.80 bits per heavy atom. The van der Waals surface area contributed by atoms with Crippen LogP contribution in [0.2, 0.25) is 0 Å². The van der Waals surface area contributed by atoms with Crippen molar-refractivity contribution in [3.8, 4) is 5.75 Å². The Hall–Kier alpha value is -0.290. The lowest BCUT2D eigenvalue weighted by Crippen LogP contribution is -2.11. The summed E-state index contributed by atoms with van der Waals surface area (Å²) in [5.41, 5.74) is 3.87. The Bertz CT molecular complexity index is 388. The van der Waals surface area contributed by atoms with Crippen molar-refractivity contribution in [3.63, 3.8) is 0 Å². The maximum atomic E-state index is 10.1. The average molecular weight is 317 g/mol. The van der Waals surface area contributed by atoms with Crippen LogP contribution >= 0.6 is 22.6 Å². The minimum absolute atomic E-state index is 0.491. The lowest BCUT2D eigenvalue weighted by atomic mass is 10.0. The third kappa shape index (κ3) is 2.13. The van der Waals surface area contributed by atoms with Crippen molar-refractivity contribution in [1.82, 2.24) is 4.90 Å². The summed E-state index contributed by atoms with van der Waals surface area (Å²) >= 11 is 2.27. The highest BCUT2D eigenvalue weighted by Crippen LogP contribution is 2.35. The SMILES string of the molecule is CN(C)Cc1cc2c(c(I)c1O)CCC2. The van der Waals surface area contributed by atoms with Crippen molar-refractivity contribution in [2.24, 2.45) is 0 Å². The van der Waals surface area contributed by atoms with Gasteiger partial charge in [0.05, 0.1) is 3.57 Å². The van der Waals surface area contributed by atoms with Crippen LogP contribution in [-0.4, -0.2) is 24.1 Å². The number of fused-ring (bicyclic) bond motifs is 1. The van der Waals surface area contributed by atoms with Crippen LogP contribution in [0.1, 0.15) is 23.1 Å². The Morgan fingerprint density at radius 1 is 1.40 bits per heavy atom. The number of nitrogens with zero attached hydrogens (tertiary/aromatic N) is 1. The van der Waals surface area contributed by atoms with Gasteiger partial charge in [-0.05, 0) is 67.1 Å². The number of rotatable bonds is 2. The van der Waals surface area contributed by atoms with Gasteiger partial charge in [-0.3, -0.25) is 0 Å². The maximum Gasteiger partial charge on any atom is 0.133 e. The summed E-state index contributed by atoms with van der Waals surface area (Å²) in [6.45, 7) is 0.815. The van der Waals surface area contributed by atoms with Gasteiger partial charge in [0.1, 0.15) is 5.75 Å². The van der Waals surface area contributed by atoms with E-state index in [-0.39, 0.29) is 0 Å². The number of aryl methyl sites for hydroxylation is 1. The fraction of sp³-hybridized carbons (Fsp3) is 0.500. The Kier molecular flexibility index (Phi) is 3.21. The minimum Gasteiger partial charge on any atom is -0.506 e. The van der Waals surface area contributed by atoms with Gasteiger partial charge in [0.15, 0.2) is 0 Å². The van der Waals surface area contributed by atoms with Gasteiger partial charge in [-0.25, -0.2) is 0 Å². The molecule has 0 saturated heterocycles. The summed E-state index contributed by atoms with van der Waals surface area (Å²) in [4.78, 5) is 2.09. The molecule has 0 bridgehead atoms. The summed E-state index contributed by atoms with van der Waals surface area (Å²) in [5.74, 6) is 0.491. The van der Waals surface area contributed by atoms with E-state index in [9.17, 15) is 5.11 Å². The van der Waals surface area contributed by atoms with E-state index in [2.05, 4.69) is 33.6 Å². The van der Waals surface area contributed by atoms with Crippen LogP contribution in [0.25, 0.3) is 0 Å². The molecule has 15 heavy (non-hydrogen) atoms. The topological polar surface area (TPSA) is 23.5 Å². The molecule has 1 aliphatic rings. The highest BCUT2D eigenvalue weighted by Gasteiger charge is 2.19. The van der Waals surface area contributed by atoms with E-state index < -0.39 is 0 Å². The molecule has 1 aromatic carbocycles. The van der Waals surface area contributed by atoms with E-state index in [1.165, 1.54) is 24.0 Å². The van der Waals surface area contributed by atoms with Gasteiger partial charge in [0.25, 0.3) is 0 Å². The van der Waals surface area contributed by atoms with Crippen molar-refractivity contribution in [2.75, 3.05) is 14.1 Å². The van der Waals surface area contributed by atoms with Crippen molar-refractivity contribution >= 4 is 22.6 Å². The minimum atomic E-state index is 0.491. The van der Waals surface area contributed by atoms with Crippen LogP contribution in [0.5, 0.6) is 5.75 Å². The van der Waals surface area contributed by atoms with Gasteiger partial charge in [-0.2, -0.15) is 0 Å². The number of hydrogen-bond acceptors (Lipinski definition) is 2. The summed E-state index contributed by atoms with van der Waals surface area (Å²) in [6.07, 6.45) is 3.53. The molecular formula is C12H16INO. The van der Waals surface area contributed by atoms with Crippen LogP contribution in [0.3, 0.4) is 0 Å². The first-order valence-electron chi connectivity index (χ1n) is 5.26. The van der Waals surface area contributed by atoms with Crippen LogP contribution in [0.15, 0.2) is 6.07 Å². The molecule has 0 aliphatic heterocycles. The second-order valence-corrected chi connectivity index (χ2v) is 5.51. The van der Waals surface area contributed by atoms with Crippen molar-refractivity contribution in [3.05, 3.63) is 26.3 Å². The summed E-state index contributed by atoms with van der Waals surface area (Å²) in [5, 5.41) is 10.1. The smallest absolute Gasteiger partial charge is 0.133 e. The molecule has 1 N–H and O–H groups in total. The number of benzene rings is 1. The molecule has 0 saturated carbocycles. The Balaban J connectivity index is 2.44. The second kappa shape index (κ2) is 4.29. The molecule has 3 heteroatoms. The molecule has 2 nitrogen and oxygen atoms in total. The lowest BCUT2D eigenvalue weighted by Gasteiger charge is -2.15. The average Bonchev–Trinajstić information content (AvgIpc) is 2.61. The van der Waals surface area contributed by atoms with Crippen LogP contribution < -0.4 is 0 Å². The van der Waals surface area contributed by atoms with E-state index in [4.69, 9.17) is 0 Å². The number of phenolic OH excluding ortho intramolecular Hbond substituents is 1. The lowest BCUT2D eigenvalue weighted by molar-refractivity contribution is 0.384. The monoisotopic (exact) mass is 317 g/mol. The zero-order valence-corrected chi connectivity index (χ0v) is 11.3. The first-order valence-corrected chi connectivity index (χ1v) is 6.34. The molecule has 0 heterocycles. The predicted octanol–water partition coefficient (Wildman–Crippen LogP) is 2.55. The molecule has 1 aromatic rings. The maximum absolute atomic E-state index is 10.1. The molecule has 0 amide bonds. The van der Waals surface area contributed by atoms with E-state index in [0.717, 1.165) is 22.1 Å². The molecule has 1 aliphatic carbocycles. The van der Waals surface area contributed by atoms with E-state index in [0.29, 0.717) is 5.75 Å². The van der Waals surface area contributed by atoms with Crippen LogP contribution in [-0.2, 0) is 19.4 Å². The van der Waals surface area contributed by atoms with Crippen LogP contribution in [0.4, 0.5) is 0 Å². The quantitative estimate of drug-likeness (QED) is 0.848. The zero-order chi connectivity index (χ0) is 11.0. The van der Waals surface area contributed by atoms with Gasteiger partial charge in [0, 0.05) is 12.1 Å². The van der Waals surface area contributed by atoms with E-state index in [1.807, 2.05) is 14.1 Å². The zero-order valence-electron chi connectivity index (χ0n) is 9.18. The fourth-order valence-electron chi connectivity index (χ4n) is 2.20. The molecule has 0 fully saturated rings. The molecule has 0 unspecified atom stereocenters. The van der Waals surface area contributed by atoms with Gasteiger partial charge in [-0.15, -0.1) is 0 Å². The Labute approximate surface area is 104 Å². The Morgan fingerprint density at radius 2 is 2.13 bits per heavy atom. The number of phenols is 1. The predicted molar refractivity (Wildman–Crippen MR) is 70.2 cm³/mol. The summed E-state index contributed by atoms with van der Waals surface area (Å²) < 4.78 is 1.07. The van der Waals surface area contributed by atoms with E-state index in [1.54, 1.807) is 0 Å². The van der Waals surface area contributed by atoms with Gasteiger partial charge in [0.2, 0.25) is 0 Å². The summed E-state index contributed by atoms with van der Waals surface area (Å²) in [6, 6.07) is 2.18. The van der Waals surface area contributed by atoms with E-state index >= 15 is 0 Å². The van der Waals surface area contributed by atoms with Crippen LogP contribution in [0, 0.1) is 3.57 Å². The third-order valence-corrected chi connectivity index (χ3v) is 4.03. The van der Waals surface area contributed by atoms with Crippen molar-refractivity contribution in [1.29, 1.82) is 0 Å². The number of hydrogen-bond donors (Lipinski definition) is 1. The van der Waals surface area contributed by atoms with Crippen molar-refractivity contribution < 1.29 is 5.11 Å². The third-order valence-electron chi connectivity index (χ3n) is 2.87. The molecule has 0 aromatic heterocycles.